The maximum absolute atomic E-state index is 15.7. The summed E-state index contributed by atoms with van der Waals surface area (Å²) < 4.78 is 20.4. The molecule has 0 saturated carbocycles. The van der Waals surface area contributed by atoms with Crippen molar-refractivity contribution in [2.45, 2.75) is 24.8 Å². The van der Waals surface area contributed by atoms with E-state index >= 15 is 4.39 Å². The molecular formula is C18H17Cl2FO4. The van der Waals surface area contributed by atoms with Gasteiger partial charge in [0.1, 0.15) is 12.2 Å². The molecule has 2 rings (SSSR count). The Morgan fingerprint density at radius 3 is 1.68 bits per heavy atom. The number of ether oxygens (including phenoxy) is 1. The number of aliphatic hydroxyl groups excluding tert-OH is 2. The van der Waals surface area contributed by atoms with Gasteiger partial charge in [0.2, 0.25) is 0 Å². The molecule has 0 bridgehead atoms. The van der Waals surface area contributed by atoms with Crippen LogP contribution in [0.5, 0.6) is 0 Å². The van der Waals surface area contributed by atoms with E-state index in [-0.39, 0.29) is 17.7 Å². The zero-order chi connectivity index (χ0) is 18.6. The first-order valence-electron chi connectivity index (χ1n) is 7.53. The molecule has 2 aromatic rings. The van der Waals surface area contributed by atoms with Crippen LogP contribution >= 0.6 is 23.2 Å². The molecule has 0 aromatic heterocycles. The van der Waals surface area contributed by atoms with Gasteiger partial charge in [0.25, 0.3) is 5.67 Å². The number of esters is 1. The lowest BCUT2D eigenvalue weighted by Crippen LogP contribution is -2.47. The number of carbonyl (C=O) groups is 1. The van der Waals surface area contributed by atoms with E-state index in [4.69, 9.17) is 27.9 Å². The minimum Gasteiger partial charge on any atom is -0.463 e. The molecule has 0 radical (unpaired) electrons. The van der Waals surface area contributed by atoms with E-state index in [2.05, 4.69) is 0 Å². The molecule has 134 valence electrons. The van der Waals surface area contributed by atoms with Crippen LogP contribution in [0.3, 0.4) is 0 Å². The topological polar surface area (TPSA) is 66.8 Å². The zero-order valence-corrected chi connectivity index (χ0v) is 14.8. The van der Waals surface area contributed by atoms with Crippen LogP contribution in [0.15, 0.2) is 48.5 Å². The van der Waals surface area contributed by atoms with E-state index < -0.39 is 23.8 Å². The Balaban J connectivity index is 2.47. The normalized spacial score (nSPS) is 15.9. The summed E-state index contributed by atoms with van der Waals surface area (Å²) in [5.74, 6) is -1.36. The van der Waals surface area contributed by atoms with Crippen LogP contribution in [0.1, 0.15) is 30.3 Å². The Bertz CT molecular complexity index is 667. The lowest BCUT2D eigenvalue weighted by Gasteiger charge is -2.32. The van der Waals surface area contributed by atoms with Gasteiger partial charge in [-0.2, -0.15) is 0 Å². The first-order valence-corrected chi connectivity index (χ1v) is 8.29. The molecule has 0 heterocycles. The average Bonchev–Trinajstić information content (AvgIpc) is 2.61. The number of alkyl halides is 1. The Kier molecular flexibility index (Phi) is 6.41. The van der Waals surface area contributed by atoms with Crippen molar-refractivity contribution in [1.82, 2.24) is 0 Å². The van der Waals surface area contributed by atoms with Crippen molar-refractivity contribution < 1.29 is 24.1 Å². The standard InChI is InChI=1S/C18H17Cl2FO4/c1-2-25-17(24)18(21,15(22)11-3-7-13(19)8-4-11)16(23)12-5-9-14(20)10-6-12/h3-10,15-16,22-23H,2H2,1H3. The van der Waals surface area contributed by atoms with Crippen molar-refractivity contribution in [2.24, 2.45) is 0 Å². The Hall–Kier alpha value is -1.66. The summed E-state index contributed by atoms with van der Waals surface area (Å²) in [7, 11) is 0. The molecule has 0 aliphatic rings. The van der Waals surface area contributed by atoms with Crippen molar-refractivity contribution in [2.75, 3.05) is 6.61 Å². The predicted octanol–water partition coefficient (Wildman–Crippen LogP) is 4.03. The summed E-state index contributed by atoms with van der Waals surface area (Å²) in [5.41, 5.74) is -2.96. The number of benzene rings is 2. The lowest BCUT2D eigenvalue weighted by molar-refractivity contribution is -0.181. The average molecular weight is 387 g/mol. The van der Waals surface area contributed by atoms with Gasteiger partial charge in [-0.3, -0.25) is 0 Å². The van der Waals surface area contributed by atoms with E-state index in [1.165, 1.54) is 55.5 Å². The van der Waals surface area contributed by atoms with Crippen LogP contribution in [0.25, 0.3) is 0 Å². The molecule has 2 N–H and O–H groups in total. The molecule has 0 amide bonds. The Labute approximate surface area is 154 Å². The molecule has 0 fully saturated rings. The highest BCUT2D eigenvalue weighted by Gasteiger charge is 2.54. The van der Waals surface area contributed by atoms with E-state index in [1.54, 1.807) is 0 Å². The van der Waals surface area contributed by atoms with Gasteiger partial charge in [-0.05, 0) is 42.3 Å². The fraction of sp³-hybridized carbons (Fsp3) is 0.278. The van der Waals surface area contributed by atoms with Crippen LogP contribution < -0.4 is 0 Å². The van der Waals surface area contributed by atoms with Gasteiger partial charge in [0.05, 0.1) is 6.61 Å². The second kappa shape index (κ2) is 8.15. The molecular weight excluding hydrogens is 370 g/mol. The maximum atomic E-state index is 15.7. The molecule has 4 nitrogen and oxygen atoms in total. The number of rotatable bonds is 6. The van der Waals surface area contributed by atoms with Gasteiger partial charge in [0.15, 0.2) is 0 Å². The van der Waals surface area contributed by atoms with Gasteiger partial charge in [-0.15, -0.1) is 0 Å². The zero-order valence-electron chi connectivity index (χ0n) is 13.3. The van der Waals surface area contributed by atoms with Gasteiger partial charge in [-0.1, -0.05) is 47.5 Å². The van der Waals surface area contributed by atoms with E-state index in [0.717, 1.165) is 0 Å². The number of aliphatic hydroxyl groups is 2. The molecule has 2 atom stereocenters. The molecule has 25 heavy (non-hydrogen) atoms. The van der Waals surface area contributed by atoms with Crippen molar-refractivity contribution >= 4 is 29.2 Å². The molecule has 2 unspecified atom stereocenters. The highest BCUT2D eigenvalue weighted by atomic mass is 35.5. The van der Waals surface area contributed by atoms with E-state index in [0.29, 0.717) is 10.0 Å². The second-order valence-corrected chi connectivity index (χ2v) is 6.27. The first-order chi connectivity index (χ1) is 11.8. The largest absolute Gasteiger partial charge is 0.463 e. The van der Waals surface area contributed by atoms with Crippen LogP contribution in [-0.2, 0) is 9.53 Å². The summed E-state index contributed by atoms with van der Waals surface area (Å²) in [5, 5.41) is 21.8. The minimum absolute atomic E-state index is 0.0768. The third-order valence-corrected chi connectivity index (χ3v) is 4.26. The first kappa shape index (κ1) is 19.7. The quantitative estimate of drug-likeness (QED) is 0.735. The van der Waals surface area contributed by atoms with Crippen LogP contribution in [0, 0.1) is 0 Å². The van der Waals surface area contributed by atoms with Crippen molar-refractivity contribution in [1.29, 1.82) is 0 Å². The third-order valence-electron chi connectivity index (χ3n) is 3.76. The van der Waals surface area contributed by atoms with E-state index in [1.807, 2.05) is 0 Å². The Morgan fingerprint density at radius 1 is 1.00 bits per heavy atom. The SMILES string of the molecule is CCOC(=O)C(F)(C(O)c1ccc(Cl)cc1)C(O)c1ccc(Cl)cc1. The predicted molar refractivity (Wildman–Crippen MR) is 93.3 cm³/mol. The van der Waals surface area contributed by atoms with E-state index in [9.17, 15) is 15.0 Å². The molecule has 7 heteroatoms. The molecule has 0 aliphatic heterocycles. The van der Waals surface area contributed by atoms with Gasteiger partial charge >= 0.3 is 5.97 Å². The number of hydrogen-bond acceptors (Lipinski definition) is 4. The molecule has 0 saturated heterocycles. The number of hydrogen-bond donors (Lipinski definition) is 2. The summed E-state index contributed by atoms with van der Waals surface area (Å²) >= 11 is 11.6. The fourth-order valence-corrected chi connectivity index (χ4v) is 2.64. The highest BCUT2D eigenvalue weighted by Crippen LogP contribution is 2.41. The second-order valence-electron chi connectivity index (χ2n) is 5.40. The maximum Gasteiger partial charge on any atom is 0.350 e. The summed E-state index contributed by atoms with van der Waals surface area (Å²) in [6.07, 6.45) is -3.93. The van der Waals surface area contributed by atoms with Crippen molar-refractivity contribution in [3.63, 3.8) is 0 Å². The smallest absolute Gasteiger partial charge is 0.350 e. The monoisotopic (exact) mass is 386 g/mol. The van der Waals surface area contributed by atoms with Crippen LogP contribution in [0.4, 0.5) is 4.39 Å². The van der Waals surface area contributed by atoms with Crippen LogP contribution in [-0.4, -0.2) is 28.5 Å². The third kappa shape index (κ3) is 4.12. The summed E-state index contributed by atoms with van der Waals surface area (Å²) in [6, 6.07) is 11.3. The minimum atomic E-state index is -3.11. The summed E-state index contributed by atoms with van der Waals surface area (Å²) in [4.78, 5) is 12.3. The van der Waals surface area contributed by atoms with Gasteiger partial charge in [-0.25, -0.2) is 9.18 Å². The molecule has 0 aliphatic carbocycles. The van der Waals surface area contributed by atoms with Crippen molar-refractivity contribution in [3.8, 4) is 0 Å². The van der Waals surface area contributed by atoms with Gasteiger partial charge < -0.3 is 14.9 Å². The van der Waals surface area contributed by atoms with Gasteiger partial charge in [0, 0.05) is 10.0 Å². The van der Waals surface area contributed by atoms with Crippen LogP contribution in [0.2, 0.25) is 10.0 Å². The molecule has 2 aromatic carbocycles. The highest BCUT2D eigenvalue weighted by molar-refractivity contribution is 6.30. The Morgan fingerprint density at radius 2 is 1.36 bits per heavy atom. The molecule has 0 spiro atoms. The number of halogens is 3. The summed E-state index contributed by atoms with van der Waals surface area (Å²) in [6.45, 7) is 1.40. The fourth-order valence-electron chi connectivity index (χ4n) is 2.39. The lowest BCUT2D eigenvalue weighted by atomic mass is 9.84. The van der Waals surface area contributed by atoms with Crippen molar-refractivity contribution in [3.05, 3.63) is 69.7 Å². The number of carbonyl (C=O) groups excluding carboxylic acids is 1.